The molecule has 1 unspecified atom stereocenters. The summed E-state index contributed by atoms with van der Waals surface area (Å²) in [6.45, 7) is 0.832. The number of nitrogens with zero attached hydrogens (tertiary/aromatic N) is 1. The Hall–Kier alpha value is -1.20. The Kier molecular flexibility index (Phi) is 3.82. The van der Waals surface area contributed by atoms with Gasteiger partial charge in [0.05, 0.1) is 5.56 Å². The first kappa shape index (κ1) is 13.2. The Labute approximate surface area is 108 Å². The number of aliphatic hydroxyl groups excluding tert-OH is 1. The summed E-state index contributed by atoms with van der Waals surface area (Å²) in [5.41, 5.74) is -0.236. The van der Waals surface area contributed by atoms with Crippen LogP contribution in [0.4, 0.5) is 8.78 Å². The van der Waals surface area contributed by atoms with Gasteiger partial charge in [-0.15, -0.1) is 0 Å². The third-order valence-electron chi connectivity index (χ3n) is 3.10. The molecule has 1 aliphatic rings. The number of carbonyl (C=O) groups is 1. The van der Waals surface area contributed by atoms with Gasteiger partial charge in [0.25, 0.3) is 5.91 Å². The molecule has 0 radical (unpaired) electrons. The van der Waals surface area contributed by atoms with Crippen molar-refractivity contribution in [2.24, 2.45) is 5.92 Å². The van der Waals surface area contributed by atoms with Crippen LogP contribution in [-0.4, -0.2) is 35.6 Å². The highest BCUT2D eigenvalue weighted by molar-refractivity contribution is 6.31. The highest BCUT2D eigenvalue weighted by atomic mass is 35.5. The Balaban J connectivity index is 2.22. The zero-order chi connectivity index (χ0) is 13.3. The van der Waals surface area contributed by atoms with Crippen molar-refractivity contribution in [1.29, 1.82) is 0 Å². The molecule has 0 spiro atoms. The van der Waals surface area contributed by atoms with Gasteiger partial charge in [-0.25, -0.2) is 8.78 Å². The molecule has 6 heteroatoms. The van der Waals surface area contributed by atoms with Crippen LogP contribution >= 0.6 is 11.6 Å². The third-order valence-corrected chi connectivity index (χ3v) is 3.44. The number of benzene rings is 1. The summed E-state index contributed by atoms with van der Waals surface area (Å²) >= 11 is 5.43. The molecule has 1 N–H and O–H groups in total. The molecular weight excluding hydrogens is 264 g/mol. The van der Waals surface area contributed by atoms with Crippen molar-refractivity contribution >= 4 is 17.5 Å². The van der Waals surface area contributed by atoms with E-state index in [1.807, 2.05) is 0 Å². The zero-order valence-electron chi connectivity index (χ0n) is 9.50. The van der Waals surface area contributed by atoms with Gasteiger partial charge in [-0.1, -0.05) is 11.6 Å². The molecule has 1 fully saturated rings. The van der Waals surface area contributed by atoms with Crippen molar-refractivity contribution in [3.8, 4) is 0 Å². The molecule has 0 saturated carbocycles. The van der Waals surface area contributed by atoms with Gasteiger partial charge in [0.1, 0.15) is 10.8 Å². The standard InChI is InChI=1S/C12H12ClF2NO2/c13-10-9(14)2-1-8(11(10)15)12(18)16-4-3-7(5-16)6-17/h1-2,7,17H,3-6H2. The molecule has 1 amide bonds. The molecule has 0 bridgehead atoms. The van der Waals surface area contributed by atoms with Gasteiger partial charge < -0.3 is 10.0 Å². The van der Waals surface area contributed by atoms with Gasteiger partial charge >= 0.3 is 0 Å². The first-order valence-corrected chi connectivity index (χ1v) is 5.96. The normalized spacial score (nSPS) is 19.3. The third kappa shape index (κ3) is 2.33. The fourth-order valence-electron chi connectivity index (χ4n) is 2.03. The van der Waals surface area contributed by atoms with Crippen LogP contribution in [0.15, 0.2) is 12.1 Å². The molecule has 2 rings (SSSR count). The molecule has 1 saturated heterocycles. The van der Waals surface area contributed by atoms with Crippen LogP contribution in [0.2, 0.25) is 5.02 Å². The van der Waals surface area contributed by atoms with E-state index in [0.29, 0.717) is 19.5 Å². The van der Waals surface area contributed by atoms with Gasteiger partial charge in [0, 0.05) is 25.6 Å². The fourth-order valence-corrected chi connectivity index (χ4v) is 2.19. The average molecular weight is 276 g/mol. The Morgan fingerprint density at radius 1 is 1.50 bits per heavy atom. The van der Waals surface area contributed by atoms with Gasteiger partial charge in [-0.2, -0.15) is 0 Å². The number of hydrogen-bond donors (Lipinski definition) is 1. The maximum atomic E-state index is 13.7. The Morgan fingerprint density at radius 3 is 2.83 bits per heavy atom. The maximum Gasteiger partial charge on any atom is 0.256 e. The number of aliphatic hydroxyl groups is 1. The molecule has 3 nitrogen and oxygen atoms in total. The highest BCUT2D eigenvalue weighted by Crippen LogP contribution is 2.25. The lowest BCUT2D eigenvalue weighted by atomic mass is 10.1. The van der Waals surface area contributed by atoms with E-state index in [-0.39, 0.29) is 18.1 Å². The van der Waals surface area contributed by atoms with E-state index in [1.165, 1.54) is 4.90 Å². The predicted molar refractivity (Wildman–Crippen MR) is 62.5 cm³/mol. The maximum absolute atomic E-state index is 13.7. The largest absolute Gasteiger partial charge is 0.396 e. The second-order valence-electron chi connectivity index (χ2n) is 4.31. The lowest BCUT2D eigenvalue weighted by Crippen LogP contribution is -2.30. The van der Waals surface area contributed by atoms with Crippen LogP contribution in [0, 0.1) is 17.6 Å². The first-order chi connectivity index (χ1) is 8.54. The van der Waals surface area contributed by atoms with Crippen LogP contribution in [0.3, 0.4) is 0 Å². The first-order valence-electron chi connectivity index (χ1n) is 5.58. The number of likely N-dealkylation sites (tertiary alicyclic amines) is 1. The number of rotatable bonds is 2. The molecule has 0 aliphatic carbocycles. The number of amides is 1. The van der Waals surface area contributed by atoms with Crippen LogP contribution in [0.5, 0.6) is 0 Å². The van der Waals surface area contributed by atoms with E-state index in [2.05, 4.69) is 0 Å². The summed E-state index contributed by atoms with van der Waals surface area (Å²) in [6, 6.07) is 2.06. The average Bonchev–Trinajstić information content (AvgIpc) is 2.84. The van der Waals surface area contributed by atoms with E-state index >= 15 is 0 Å². The lowest BCUT2D eigenvalue weighted by molar-refractivity contribution is 0.0777. The summed E-state index contributed by atoms with van der Waals surface area (Å²) in [6.07, 6.45) is 0.679. The highest BCUT2D eigenvalue weighted by Gasteiger charge is 2.28. The Bertz CT molecular complexity index is 481. The molecule has 1 aromatic rings. The molecule has 98 valence electrons. The van der Waals surface area contributed by atoms with Crippen LogP contribution < -0.4 is 0 Å². The second kappa shape index (κ2) is 5.20. The quantitative estimate of drug-likeness (QED) is 0.840. The monoisotopic (exact) mass is 275 g/mol. The fraction of sp³-hybridized carbons (Fsp3) is 0.417. The SMILES string of the molecule is O=C(c1ccc(F)c(Cl)c1F)N1CCC(CO)C1. The summed E-state index contributed by atoms with van der Waals surface area (Å²) in [5, 5.41) is 8.32. The minimum atomic E-state index is -1.03. The van der Waals surface area contributed by atoms with Crippen LogP contribution in [-0.2, 0) is 0 Å². The van der Waals surface area contributed by atoms with E-state index in [0.717, 1.165) is 12.1 Å². The summed E-state index contributed by atoms with van der Waals surface area (Å²) in [4.78, 5) is 13.5. The van der Waals surface area contributed by atoms with Crippen molar-refractivity contribution < 1.29 is 18.7 Å². The van der Waals surface area contributed by atoms with Crippen molar-refractivity contribution in [2.75, 3.05) is 19.7 Å². The summed E-state index contributed by atoms with van der Waals surface area (Å²) < 4.78 is 26.7. The minimum absolute atomic E-state index is 0.00354. The van der Waals surface area contributed by atoms with E-state index in [4.69, 9.17) is 16.7 Å². The summed E-state index contributed by atoms with van der Waals surface area (Å²) in [5.74, 6) is -2.42. The van der Waals surface area contributed by atoms with Crippen LogP contribution in [0.1, 0.15) is 16.8 Å². The van der Waals surface area contributed by atoms with Crippen molar-refractivity contribution in [2.45, 2.75) is 6.42 Å². The number of hydrogen-bond acceptors (Lipinski definition) is 2. The molecular formula is C12H12ClF2NO2. The van der Waals surface area contributed by atoms with Gasteiger partial charge in [0.15, 0.2) is 5.82 Å². The molecule has 1 heterocycles. The number of carbonyl (C=O) groups excluding carboxylic acids is 1. The van der Waals surface area contributed by atoms with E-state index in [1.54, 1.807) is 0 Å². The van der Waals surface area contributed by atoms with Gasteiger partial charge in [-0.3, -0.25) is 4.79 Å². The van der Waals surface area contributed by atoms with Gasteiger partial charge in [-0.05, 0) is 18.6 Å². The van der Waals surface area contributed by atoms with Crippen molar-refractivity contribution in [3.05, 3.63) is 34.4 Å². The Morgan fingerprint density at radius 2 is 2.22 bits per heavy atom. The predicted octanol–water partition coefficient (Wildman–Crippen LogP) is 2.07. The lowest BCUT2D eigenvalue weighted by Gasteiger charge is -2.16. The summed E-state index contributed by atoms with van der Waals surface area (Å²) in [7, 11) is 0. The molecule has 1 aromatic carbocycles. The zero-order valence-corrected chi connectivity index (χ0v) is 10.3. The topological polar surface area (TPSA) is 40.5 Å². The minimum Gasteiger partial charge on any atom is -0.396 e. The van der Waals surface area contributed by atoms with E-state index < -0.39 is 22.6 Å². The molecule has 1 atom stereocenters. The molecule has 0 aromatic heterocycles. The smallest absolute Gasteiger partial charge is 0.256 e. The van der Waals surface area contributed by atoms with Gasteiger partial charge in [0.2, 0.25) is 0 Å². The van der Waals surface area contributed by atoms with Crippen molar-refractivity contribution in [1.82, 2.24) is 4.90 Å². The second-order valence-corrected chi connectivity index (χ2v) is 4.69. The van der Waals surface area contributed by atoms with E-state index in [9.17, 15) is 13.6 Å². The number of halogens is 3. The molecule has 1 aliphatic heterocycles. The molecule has 18 heavy (non-hydrogen) atoms. The van der Waals surface area contributed by atoms with Crippen LogP contribution in [0.25, 0.3) is 0 Å². The van der Waals surface area contributed by atoms with Crippen molar-refractivity contribution in [3.63, 3.8) is 0 Å².